The molecule has 3 heteroatoms. The molecule has 0 radical (unpaired) electrons. The zero-order valence-electron chi connectivity index (χ0n) is 12.4. The molecule has 0 aliphatic heterocycles. The van der Waals surface area contributed by atoms with Crippen molar-refractivity contribution in [1.82, 2.24) is 9.97 Å². The Morgan fingerprint density at radius 1 is 1.00 bits per heavy atom. The molecule has 3 nitrogen and oxygen atoms in total. The minimum Gasteiger partial charge on any atom is -0.363 e. The van der Waals surface area contributed by atoms with Crippen LogP contribution in [0.3, 0.4) is 0 Å². The van der Waals surface area contributed by atoms with Crippen molar-refractivity contribution in [2.45, 2.75) is 31.6 Å². The van der Waals surface area contributed by atoms with Crippen LogP contribution in [0.1, 0.15) is 41.8 Å². The number of anilines is 1. The lowest BCUT2D eigenvalue weighted by atomic mass is 9.68. The van der Waals surface area contributed by atoms with Gasteiger partial charge in [0.15, 0.2) is 0 Å². The summed E-state index contributed by atoms with van der Waals surface area (Å²) in [6, 6.07) is 12.9. The van der Waals surface area contributed by atoms with Gasteiger partial charge in [0.2, 0.25) is 0 Å². The molecule has 0 bridgehead atoms. The van der Waals surface area contributed by atoms with Crippen molar-refractivity contribution in [3.63, 3.8) is 0 Å². The Morgan fingerprint density at radius 3 is 2.30 bits per heavy atom. The van der Waals surface area contributed by atoms with Crippen LogP contribution in [0.4, 0.5) is 5.82 Å². The SMILES string of the molecule is Cc1nc([C@H]2CCC2c2ccccc2)cc(N(C)C)n1. The quantitative estimate of drug-likeness (QED) is 0.852. The lowest BCUT2D eigenvalue weighted by molar-refractivity contribution is 0.339. The van der Waals surface area contributed by atoms with E-state index in [2.05, 4.69) is 46.4 Å². The predicted octanol–water partition coefficient (Wildman–Crippen LogP) is 3.51. The molecule has 2 aromatic rings. The Bertz CT molecular complexity index is 592. The van der Waals surface area contributed by atoms with E-state index in [9.17, 15) is 0 Å². The molecule has 1 unspecified atom stereocenters. The summed E-state index contributed by atoms with van der Waals surface area (Å²) in [4.78, 5) is 11.2. The third-order valence-electron chi connectivity index (χ3n) is 4.18. The van der Waals surface area contributed by atoms with Crippen molar-refractivity contribution in [3.05, 3.63) is 53.5 Å². The van der Waals surface area contributed by atoms with Gasteiger partial charge in [-0.2, -0.15) is 0 Å². The molecule has 1 aromatic carbocycles. The highest BCUT2D eigenvalue weighted by atomic mass is 15.1. The van der Waals surface area contributed by atoms with Gasteiger partial charge >= 0.3 is 0 Å². The van der Waals surface area contributed by atoms with Crippen LogP contribution in [0.5, 0.6) is 0 Å². The van der Waals surface area contributed by atoms with Crippen LogP contribution in [-0.2, 0) is 0 Å². The molecule has 0 saturated heterocycles. The first kappa shape index (κ1) is 13.1. The molecule has 2 atom stereocenters. The maximum absolute atomic E-state index is 4.68. The molecule has 20 heavy (non-hydrogen) atoms. The molecule has 0 spiro atoms. The molecule has 3 rings (SSSR count). The van der Waals surface area contributed by atoms with Crippen LogP contribution in [0.25, 0.3) is 0 Å². The van der Waals surface area contributed by atoms with Gasteiger partial charge in [-0.1, -0.05) is 30.3 Å². The van der Waals surface area contributed by atoms with Crippen molar-refractivity contribution in [3.8, 4) is 0 Å². The van der Waals surface area contributed by atoms with E-state index in [4.69, 9.17) is 0 Å². The van der Waals surface area contributed by atoms with Crippen LogP contribution in [0, 0.1) is 6.92 Å². The van der Waals surface area contributed by atoms with Gasteiger partial charge < -0.3 is 4.90 Å². The molecule has 1 saturated carbocycles. The largest absolute Gasteiger partial charge is 0.363 e. The standard InChI is InChI=1S/C17H21N3/c1-12-18-16(11-17(19-12)20(2)3)15-10-9-14(15)13-7-5-4-6-8-13/h4-8,11,14-15H,9-10H2,1-3H3/t14?,15-/m0/s1. The highest BCUT2D eigenvalue weighted by Gasteiger charge is 2.34. The van der Waals surface area contributed by atoms with Crippen molar-refractivity contribution in [1.29, 1.82) is 0 Å². The summed E-state index contributed by atoms with van der Waals surface area (Å²) in [5.74, 6) is 3.02. The van der Waals surface area contributed by atoms with Crippen molar-refractivity contribution in [2.24, 2.45) is 0 Å². The number of rotatable bonds is 3. The van der Waals surface area contributed by atoms with E-state index in [-0.39, 0.29) is 0 Å². The van der Waals surface area contributed by atoms with Gasteiger partial charge in [0, 0.05) is 31.8 Å². The molecule has 1 fully saturated rings. The molecule has 0 N–H and O–H groups in total. The normalized spacial score (nSPS) is 21.4. The predicted molar refractivity (Wildman–Crippen MR) is 82.3 cm³/mol. The first-order valence-corrected chi connectivity index (χ1v) is 7.23. The van der Waals surface area contributed by atoms with E-state index >= 15 is 0 Å². The fourth-order valence-corrected chi connectivity index (χ4v) is 2.95. The van der Waals surface area contributed by atoms with Crippen LogP contribution in [0.15, 0.2) is 36.4 Å². The van der Waals surface area contributed by atoms with Gasteiger partial charge in [-0.15, -0.1) is 0 Å². The molecule has 1 aliphatic carbocycles. The molecular weight excluding hydrogens is 246 g/mol. The summed E-state index contributed by atoms with van der Waals surface area (Å²) >= 11 is 0. The molecule has 1 aromatic heterocycles. The number of hydrogen-bond acceptors (Lipinski definition) is 3. The fourth-order valence-electron chi connectivity index (χ4n) is 2.95. The summed E-state index contributed by atoms with van der Waals surface area (Å²) < 4.78 is 0. The van der Waals surface area contributed by atoms with E-state index in [0.29, 0.717) is 11.8 Å². The number of benzene rings is 1. The second kappa shape index (κ2) is 5.23. The van der Waals surface area contributed by atoms with E-state index < -0.39 is 0 Å². The van der Waals surface area contributed by atoms with Gasteiger partial charge in [0.25, 0.3) is 0 Å². The van der Waals surface area contributed by atoms with E-state index in [1.54, 1.807) is 0 Å². The molecular formula is C17H21N3. The number of aromatic nitrogens is 2. The zero-order valence-corrected chi connectivity index (χ0v) is 12.4. The summed E-state index contributed by atoms with van der Waals surface area (Å²) in [5, 5.41) is 0. The highest BCUT2D eigenvalue weighted by Crippen LogP contribution is 2.48. The number of nitrogens with zero attached hydrogens (tertiary/aromatic N) is 3. The Labute approximate surface area is 120 Å². The van der Waals surface area contributed by atoms with Crippen molar-refractivity contribution < 1.29 is 0 Å². The third kappa shape index (κ3) is 2.40. The lowest BCUT2D eigenvalue weighted by Gasteiger charge is -2.37. The Balaban J connectivity index is 1.90. The minimum absolute atomic E-state index is 0.540. The summed E-state index contributed by atoms with van der Waals surface area (Å²) in [7, 11) is 4.06. The Morgan fingerprint density at radius 2 is 1.70 bits per heavy atom. The van der Waals surface area contributed by atoms with E-state index in [1.807, 2.05) is 25.9 Å². The van der Waals surface area contributed by atoms with Gasteiger partial charge in [-0.05, 0) is 31.2 Å². The molecule has 0 amide bonds. The van der Waals surface area contributed by atoms with Crippen LogP contribution in [0.2, 0.25) is 0 Å². The molecule has 1 heterocycles. The first-order chi connectivity index (χ1) is 9.65. The third-order valence-corrected chi connectivity index (χ3v) is 4.18. The highest BCUT2D eigenvalue weighted by molar-refractivity contribution is 5.40. The number of hydrogen-bond donors (Lipinski definition) is 0. The second-order valence-corrected chi connectivity index (χ2v) is 5.79. The average Bonchev–Trinajstić information content (AvgIpc) is 2.38. The monoisotopic (exact) mass is 267 g/mol. The molecule has 104 valence electrons. The van der Waals surface area contributed by atoms with Crippen molar-refractivity contribution >= 4 is 5.82 Å². The van der Waals surface area contributed by atoms with Crippen molar-refractivity contribution in [2.75, 3.05) is 19.0 Å². The first-order valence-electron chi connectivity index (χ1n) is 7.23. The lowest BCUT2D eigenvalue weighted by Crippen LogP contribution is -2.24. The minimum atomic E-state index is 0.540. The maximum Gasteiger partial charge on any atom is 0.132 e. The van der Waals surface area contributed by atoms with E-state index in [1.165, 1.54) is 24.1 Å². The average molecular weight is 267 g/mol. The van der Waals surface area contributed by atoms with Gasteiger partial charge in [0.1, 0.15) is 11.6 Å². The topological polar surface area (TPSA) is 29.0 Å². The van der Waals surface area contributed by atoms with Gasteiger partial charge in [0.05, 0.1) is 0 Å². The van der Waals surface area contributed by atoms with Gasteiger partial charge in [-0.3, -0.25) is 0 Å². The second-order valence-electron chi connectivity index (χ2n) is 5.79. The van der Waals surface area contributed by atoms with Crippen LogP contribution < -0.4 is 4.90 Å². The summed E-state index contributed by atoms with van der Waals surface area (Å²) in [5.41, 5.74) is 2.63. The Hall–Kier alpha value is -1.90. The summed E-state index contributed by atoms with van der Waals surface area (Å²) in [6.07, 6.45) is 2.48. The maximum atomic E-state index is 4.68. The van der Waals surface area contributed by atoms with E-state index in [0.717, 1.165) is 11.6 Å². The Kier molecular flexibility index (Phi) is 3.43. The number of aryl methyl sites for hydroxylation is 1. The fraction of sp³-hybridized carbons (Fsp3) is 0.412. The van der Waals surface area contributed by atoms with Gasteiger partial charge in [-0.25, -0.2) is 9.97 Å². The zero-order chi connectivity index (χ0) is 14.1. The van der Waals surface area contributed by atoms with Crippen LogP contribution >= 0.6 is 0 Å². The van der Waals surface area contributed by atoms with Crippen LogP contribution in [-0.4, -0.2) is 24.1 Å². The smallest absolute Gasteiger partial charge is 0.132 e. The summed E-state index contributed by atoms with van der Waals surface area (Å²) in [6.45, 7) is 1.98. The molecule has 1 aliphatic rings.